The second-order valence-corrected chi connectivity index (χ2v) is 5.40. The molecule has 1 aliphatic heterocycles. The molecule has 1 saturated heterocycles. The molecular weight excluding hydrogens is 276 g/mol. The molecule has 2 N–H and O–H groups in total. The lowest BCUT2D eigenvalue weighted by Crippen LogP contribution is -2.36. The van der Waals surface area contributed by atoms with Gasteiger partial charge in [-0.05, 0) is 37.1 Å². The van der Waals surface area contributed by atoms with Crippen LogP contribution in [0.4, 0.5) is 0 Å². The van der Waals surface area contributed by atoms with Crippen LogP contribution in [0, 0.1) is 5.92 Å². The molecule has 1 heterocycles. The van der Waals surface area contributed by atoms with Gasteiger partial charge < -0.3 is 15.4 Å². The first kappa shape index (κ1) is 16.8. The summed E-state index contributed by atoms with van der Waals surface area (Å²) >= 11 is 0. The topological polar surface area (TPSA) is 50.4 Å². The van der Waals surface area contributed by atoms with Crippen LogP contribution in [0.15, 0.2) is 24.3 Å². The van der Waals surface area contributed by atoms with Gasteiger partial charge in [-0.25, -0.2) is 0 Å². The molecule has 1 aromatic rings. The molecular formula is C15H23ClN2O2. The van der Waals surface area contributed by atoms with Gasteiger partial charge >= 0.3 is 0 Å². The quantitative estimate of drug-likeness (QED) is 0.876. The van der Waals surface area contributed by atoms with Crippen molar-refractivity contribution in [1.29, 1.82) is 0 Å². The van der Waals surface area contributed by atoms with Gasteiger partial charge in [-0.2, -0.15) is 0 Å². The molecule has 0 spiro atoms. The van der Waals surface area contributed by atoms with E-state index in [1.165, 1.54) is 0 Å². The number of carbonyl (C=O) groups is 1. The minimum atomic E-state index is -0.0244. The Morgan fingerprint density at radius 3 is 2.95 bits per heavy atom. The highest BCUT2D eigenvalue weighted by atomic mass is 35.5. The lowest BCUT2D eigenvalue weighted by atomic mass is 10.1. The molecule has 1 fully saturated rings. The number of halogens is 1. The van der Waals surface area contributed by atoms with Gasteiger partial charge in [0.05, 0.1) is 6.61 Å². The molecule has 0 bridgehead atoms. The molecule has 1 atom stereocenters. The van der Waals surface area contributed by atoms with Crippen molar-refractivity contribution in [1.82, 2.24) is 10.6 Å². The number of hydrogen-bond acceptors (Lipinski definition) is 3. The minimum absolute atomic E-state index is 0. The first-order valence-corrected chi connectivity index (χ1v) is 6.89. The summed E-state index contributed by atoms with van der Waals surface area (Å²) in [7, 11) is 0. The van der Waals surface area contributed by atoms with Crippen molar-refractivity contribution >= 4 is 18.3 Å². The summed E-state index contributed by atoms with van der Waals surface area (Å²) in [5, 5.41) is 6.26. The van der Waals surface area contributed by atoms with Crippen LogP contribution in [0.1, 0.15) is 30.6 Å². The highest BCUT2D eigenvalue weighted by molar-refractivity contribution is 5.94. The molecule has 112 valence electrons. The fourth-order valence-corrected chi connectivity index (χ4v) is 2.04. The molecule has 2 rings (SSSR count). The highest BCUT2D eigenvalue weighted by Gasteiger charge is 2.17. The zero-order chi connectivity index (χ0) is 13.7. The zero-order valence-electron chi connectivity index (χ0n) is 12.0. The van der Waals surface area contributed by atoms with Crippen LogP contribution in [0.2, 0.25) is 0 Å². The SMILES string of the molecule is CC(C)COc1cccc(C(=O)NC2CCNC2)c1.Cl. The van der Waals surface area contributed by atoms with Gasteiger partial charge in [0.1, 0.15) is 5.75 Å². The molecule has 1 aliphatic rings. The average molecular weight is 299 g/mol. The molecule has 5 heteroatoms. The third-order valence-corrected chi connectivity index (χ3v) is 3.08. The van der Waals surface area contributed by atoms with Crippen LogP contribution in [0.5, 0.6) is 5.75 Å². The minimum Gasteiger partial charge on any atom is -0.493 e. The van der Waals surface area contributed by atoms with Crippen molar-refractivity contribution in [3.05, 3.63) is 29.8 Å². The van der Waals surface area contributed by atoms with E-state index in [2.05, 4.69) is 24.5 Å². The summed E-state index contributed by atoms with van der Waals surface area (Å²) in [5.41, 5.74) is 0.660. The van der Waals surface area contributed by atoms with Crippen molar-refractivity contribution in [2.24, 2.45) is 5.92 Å². The second-order valence-electron chi connectivity index (χ2n) is 5.40. The monoisotopic (exact) mass is 298 g/mol. The first-order chi connectivity index (χ1) is 9.15. The zero-order valence-corrected chi connectivity index (χ0v) is 12.8. The maximum Gasteiger partial charge on any atom is 0.251 e. The van der Waals surface area contributed by atoms with Crippen molar-refractivity contribution < 1.29 is 9.53 Å². The van der Waals surface area contributed by atoms with Gasteiger partial charge in [-0.1, -0.05) is 19.9 Å². The summed E-state index contributed by atoms with van der Waals surface area (Å²) in [6, 6.07) is 7.61. The van der Waals surface area contributed by atoms with E-state index in [-0.39, 0.29) is 24.4 Å². The lowest BCUT2D eigenvalue weighted by molar-refractivity contribution is 0.0939. The Hall–Kier alpha value is -1.26. The Balaban J connectivity index is 0.00000200. The van der Waals surface area contributed by atoms with Crippen molar-refractivity contribution in [2.75, 3.05) is 19.7 Å². The van der Waals surface area contributed by atoms with Gasteiger partial charge in [0, 0.05) is 18.2 Å². The van der Waals surface area contributed by atoms with Crippen molar-refractivity contribution in [3.63, 3.8) is 0 Å². The van der Waals surface area contributed by atoms with E-state index < -0.39 is 0 Å². The normalized spacial score (nSPS) is 17.6. The molecule has 4 nitrogen and oxygen atoms in total. The highest BCUT2D eigenvalue weighted by Crippen LogP contribution is 2.14. The summed E-state index contributed by atoms with van der Waals surface area (Å²) in [6.45, 7) is 6.70. The third-order valence-electron chi connectivity index (χ3n) is 3.08. The fraction of sp³-hybridized carbons (Fsp3) is 0.533. The number of hydrogen-bond donors (Lipinski definition) is 2. The van der Waals surface area contributed by atoms with Gasteiger partial charge in [-0.3, -0.25) is 4.79 Å². The van der Waals surface area contributed by atoms with Gasteiger partial charge in [0.2, 0.25) is 0 Å². The number of benzene rings is 1. The van der Waals surface area contributed by atoms with E-state index in [0.29, 0.717) is 18.1 Å². The molecule has 0 saturated carbocycles. The molecule has 0 aromatic heterocycles. The molecule has 20 heavy (non-hydrogen) atoms. The Labute approximate surface area is 126 Å². The molecule has 0 aliphatic carbocycles. The Morgan fingerprint density at radius 1 is 1.50 bits per heavy atom. The Morgan fingerprint density at radius 2 is 2.30 bits per heavy atom. The molecule has 1 unspecified atom stereocenters. The predicted octanol–water partition coefficient (Wildman–Crippen LogP) is 2.23. The van der Waals surface area contributed by atoms with E-state index in [9.17, 15) is 4.79 Å². The van der Waals surface area contributed by atoms with Crippen LogP contribution in [0.3, 0.4) is 0 Å². The van der Waals surface area contributed by atoms with Crippen molar-refractivity contribution in [3.8, 4) is 5.75 Å². The summed E-state index contributed by atoms with van der Waals surface area (Å²) in [5.74, 6) is 1.21. The van der Waals surface area contributed by atoms with E-state index in [1.54, 1.807) is 6.07 Å². The van der Waals surface area contributed by atoms with Crippen LogP contribution >= 0.6 is 12.4 Å². The number of rotatable bonds is 5. The first-order valence-electron chi connectivity index (χ1n) is 6.89. The van der Waals surface area contributed by atoms with Crippen LogP contribution in [-0.2, 0) is 0 Å². The average Bonchev–Trinajstić information content (AvgIpc) is 2.89. The standard InChI is InChI=1S/C15H22N2O2.ClH/c1-11(2)10-19-14-5-3-4-12(8-14)15(18)17-13-6-7-16-9-13;/h3-5,8,11,13,16H,6-7,9-10H2,1-2H3,(H,17,18);1H. The number of carbonyl (C=O) groups excluding carboxylic acids is 1. The third kappa shape index (κ3) is 5.02. The summed E-state index contributed by atoms with van der Waals surface area (Å²) in [6.07, 6.45) is 0.995. The Kier molecular flexibility index (Phi) is 6.82. The van der Waals surface area contributed by atoms with Crippen LogP contribution in [-0.4, -0.2) is 31.6 Å². The van der Waals surface area contributed by atoms with Crippen LogP contribution in [0.25, 0.3) is 0 Å². The largest absolute Gasteiger partial charge is 0.493 e. The van der Waals surface area contributed by atoms with Gasteiger partial charge in [0.25, 0.3) is 5.91 Å². The number of ether oxygens (including phenoxy) is 1. The van der Waals surface area contributed by atoms with Gasteiger partial charge in [0.15, 0.2) is 0 Å². The smallest absolute Gasteiger partial charge is 0.251 e. The second kappa shape index (κ2) is 8.12. The van der Waals surface area contributed by atoms with E-state index in [4.69, 9.17) is 4.74 Å². The number of amides is 1. The number of nitrogens with one attached hydrogen (secondary N) is 2. The van der Waals surface area contributed by atoms with E-state index in [0.717, 1.165) is 25.3 Å². The predicted molar refractivity (Wildman–Crippen MR) is 82.8 cm³/mol. The molecule has 1 aromatic carbocycles. The molecule has 1 amide bonds. The van der Waals surface area contributed by atoms with Gasteiger partial charge in [-0.15, -0.1) is 12.4 Å². The van der Waals surface area contributed by atoms with Crippen LogP contribution < -0.4 is 15.4 Å². The lowest BCUT2D eigenvalue weighted by Gasteiger charge is -2.13. The summed E-state index contributed by atoms with van der Waals surface area (Å²) in [4.78, 5) is 12.1. The fourth-order valence-electron chi connectivity index (χ4n) is 2.04. The van der Waals surface area contributed by atoms with E-state index >= 15 is 0 Å². The maximum atomic E-state index is 12.1. The van der Waals surface area contributed by atoms with Crippen molar-refractivity contribution in [2.45, 2.75) is 26.3 Å². The summed E-state index contributed by atoms with van der Waals surface area (Å²) < 4.78 is 5.64. The maximum absolute atomic E-state index is 12.1. The Bertz CT molecular complexity index is 432. The van der Waals surface area contributed by atoms with E-state index in [1.807, 2.05) is 18.2 Å². The molecule has 0 radical (unpaired) electrons.